The third-order valence-electron chi connectivity index (χ3n) is 3.65. The van der Waals surface area contributed by atoms with Crippen LogP contribution in [-0.4, -0.2) is 45.8 Å². The van der Waals surface area contributed by atoms with Crippen molar-refractivity contribution in [3.8, 4) is 0 Å². The fourth-order valence-electron chi connectivity index (χ4n) is 2.84. The van der Waals surface area contributed by atoms with Gasteiger partial charge in [-0.05, 0) is 48.5 Å². The summed E-state index contributed by atoms with van der Waals surface area (Å²) in [5, 5.41) is 0. The van der Waals surface area contributed by atoms with Gasteiger partial charge < -0.3 is 9.80 Å². The van der Waals surface area contributed by atoms with Gasteiger partial charge in [-0.2, -0.15) is 0 Å². The van der Waals surface area contributed by atoms with Crippen LogP contribution >= 0.6 is 0 Å². The number of carbonyl (C=O) groups is 2. The smallest absolute Gasteiger partial charge is 0.228 e. The normalized spacial score (nSPS) is 20.6. The first-order valence-corrected chi connectivity index (χ1v) is 7.18. The fourth-order valence-corrected chi connectivity index (χ4v) is 2.84. The van der Waals surface area contributed by atoms with E-state index in [1.807, 2.05) is 58.3 Å². The molecule has 1 heterocycles. The zero-order valence-corrected chi connectivity index (χ0v) is 13.4. The second-order valence-electron chi connectivity index (χ2n) is 7.01. The Kier molecular flexibility index (Phi) is 4.64. The van der Waals surface area contributed by atoms with E-state index in [-0.39, 0.29) is 35.4 Å². The molecule has 2 amide bonds. The summed E-state index contributed by atoms with van der Waals surface area (Å²) in [5.74, 6) is 0.0277. The number of amides is 2. The summed E-state index contributed by atoms with van der Waals surface area (Å²) >= 11 is 0. The summed E-state index contributed by atoms with van der Waals surface area (Å²) in [6.45, 7) is 14.7. The van der Waals surface area contributed by atoms with Crippen molar-refractivity contribution in [2.45, 2.75) is 72.5 Å². The summed E-state index contributed by atoms with van der Waals surface area (Å²) < 4.78 is 0. The first kappa shape index (κ1) is 16.0. The number of likely N-dealkylation sites (tertiary alicyclic amines) is 1. The first-order chi connectivity index (χ1) is 8.55. The van der Waals surface area contributed by atoms with Crippen LogP contribution in [0.15, 0.2) is 0 Å². The van der Waals surface area contributed by atoms with Gasteiger partial charge >= 0.3 is 0 Å². The topological polar surface area (TPSA) is 40.6 Å². The van der Waals surface area contributed by atoms with Gasteiger partial charge in [0.25, 0.3) is 0 Å². The average Bonchev–Trinajstić information content (AvgIpc) is 2.58. The van der Waals surface area contributed by atoms with Gasteiger partial charge in [-0.1, -0.05) is 0 Å². The maximum atomic E-state index is 12.6. The van der Waals surface area contributed by atoms with Gasteiger partial charge in [-0.25, -0.2) is 0 Å². The van der Waals surface area contributed by atoms with Gasteiger partial charge in [0.1, 0.15) is 0 Å². The Morgan fingerprint density at radius 1 is 1.21 bits per heavy atom. The molecule has 19 heavy (non-hydrogen) atoms. The van der Waals surface area contributed by atoms with Crippen LogP contribution in [0.2, 0.25) is 0 Å². The third-order valence-corrected chi connectivity index (χ3v) is 3.65. The maximum absolute atomic E-state index is 12.6. The van der Waals surface area contributed by atoms with Gasteiger partial charge in [0.2, 0.25) is 11.8 Å². The van der Waals surface area contributed by atoms with Gasteiger partial charge in [0, 0.05) is 30.6 Å². The molecule has 0 bridgehead atoms. The highest BCUT2D eigenvalue weighted by atomic mass is 16.2. The van der Waals surface area contributed by atoms with Crippen molar-refractivity contribution in [3.05, 3.63) is 0 Å². The molecule has 1 rings (SSSR count). The molecule has 1 aliphatic rings. The Bertz CT molecular complexity index is 348. The molecule has 1 saturated heterocycles. The predicted molar refractivity (Wildman–Crippen MR) is 76.7 cm³/mol. The molecule has 0 aromatic heterocycles. The lowest BCUT2D eigenvalue weighted by molar-refractivity contribution is -0.139. The summed E-state index contributed by atoms with van der Waals surface area (Å²) in [4.78, 5) is 28.4. The van der Waals surface area contributed by atoms with Crippen LogP contribution in [0, 0.1) is 5.92 Å². The van der Waals surface area contributed by atoms with E-state index in [1.165, 1.54) is 0 Å². The molecular formula is C15H28N2O2. The Balaban J connectivity index is 2.83. The van der Waals surface area contributed by atoms with E-state index >= 15 is 0 Å². The van der Waals surface area contributed by atoms with Crippen molar-refractivity contribution in [2.24, 2.45) is 5.92 Å². The molecular weight excluding hydrogens is 240 g/mol. The fraction of sp³-hybridized carbons (Fsp3) is 0.867. The lowest BCUT2D eigenvalue weighted by Gasteiger charge is -2.34. The number of rotatable bonds is 3. The van der Waals surface area contributed by atoms with Crippen LogP contribution in [0.25, 0.3) is 0 Å². The van der Waals surface area contributed by atoms with E-state index in [0.717, 1.165) is 0 Å². The zero-order valence-electron chi connectivity index (χ0n) is 13.4. The van der Waals surface area contributed by atoms with Crippen LogP contribution in [0.1, 0.15) is 54.9 Å². The van der Waals surface area contributed by atoms with Crippen LogP contribution in [0.3, 0.4) is 0 Å². The lowest BCUT2D eigenvalue weighted by atomic mass is 10.0. The molecule has 4 nitrogen and oxygen atoms in total. The summed E-state index contributed by atoms with van der Waals surface area (Å²) in [7, 11) is 0. The minimum Gasteiger partial charge on any atom is -0.338 e. The summed E-state index contributed by atoms with van der Waals surface area (Å²) in [6, 6.07) is 0.345. The van der Waals surface area contributed by atoms with Crippen molar-refractivity contribution < 1.29 is 9.59 Å². The van der Waals surface area contributed by atoms with Gasteiger partial charge in [-0.15, -0.1) is 0 Å². The number of hydrogen-bond donors (Lipinski definition) is 0. The van der Waals surface area contributed by atoms with Crippen LogP contribution < -0.4 is 0 Å². The first-order valence-electron chi connectivity index (χ1n) is 7.18. The minimum atomic E-state index is -0.202. The highest BCUT2D eigenvalue weighted by Gasteiger charge is 2.41. The Morgan fingerprint density at radius 2 is 1.68 bits per heavy atom. The summed E-state index contributed by atoms with van der Waals surface area (Å²) in [5.41, 5.74) is -0.202. The second-order valence-corrected chi connectivity index (χ2v) is 7.01. The van der Waals surface area contributed by atoms with E-state index in [0.29, 0.717) is 13.0 Å². The molecule has 110 valence electrons. The van der Waals surface area contributed by atoms with Gasteiger partial charge in [0.15, 0.2) is 0 Å². The Labute approximate surface area is 117 Å². The third kappa shape index (κ3) is 3.48. The maximum Gasteiger partial charge on any atom is 0.228 e. The molecule has 0 N–H and O–H groups in total. The number of nitrogens with zero attached hydrogens (tertiary/aromatic N) is 2. The van der Waals surface area contributed by atoms with Gasteiger partial charge in [-0.3, -0.25) is 9.59 Å². The molecule has 4 heteroatoms. The molecule has 1 atom stereocenters. The highest BCUT2D eigenvalue weighted by molar-refractivity contribution is 5.89. The average molecular weight is 268 g/mol. The molecule has 0 aliphatic carbocycles. The highest BCUT2D eigenvalue weighted by Crippen LogP contribution is 2.28. The number of hydrogen-bond acceptors (Lipinski definition) is 2. The lowest BCUT2D eigenvalue weighted by Crippen LogP contribution is -2.47. The van der Waals surface area contributed by atoms with Crippen molar-refractivity contribution in [1.82, 2.24) is 9.80 Å². The van der Waals surface area contributed by atoms with E-state index in [1.54, 1.807) is 0 Å². The molecule has 0 aromatic rings. The summed E-state index contributed by atoms with van der Waals surface area (Å²) in [6.07, 6.45) is 0.353. The Morgan fingerprint density at radius 3 is 2.00 bits per heavy atom. The van der Waals surface area contributed by atoms with Crippen LogP contribution in [0.4, 0.5) is 0 Å². The molecule has 0 aromatic carbocycles. The molecule has 0 radical (unpaired) electrons. The molecule has 1 unspecified atom stereocenters. The van der Waals surface area contributed by atoms with Crippen LogP contribution in [-0.2, 0) is 9.59 Å². The second kappa shape index (κ2) is 5.51. The van der Waals surface area contributed by atoms with E-state index < -0.39 is 0 Å². The zero-order chi connectivity index (χ0) is 15.0. The van der Waals surface area contributed by atoms with E-state index in [2.05, 4.69) is 0 Å². The van der Waals surface area contributed by atoms with Crippen LogP contribution in [0.5, 0.6) is 0 Å². The molecule has 0 saturated carbocycles. The quantitative estimate of drug-likeness (QED) is 0.788. The van der Waals surface area contributed by atoms with E-state index in [4.69, 9.17) is 0 Å². The molecule has 0 spiro atoms. The van der Waals surface area contributed by atoms with Gasteiger partial charge in [0.05, 0.1) is 5.92 Å². The van der Waals surface area contributed by atoms with Crippen molar-refractivity contribution in [3.63, 3.8) is 0 Å². The van der Waals surface area contributed by atoms with E-state index in [9.17, 15) is 9.59 Å². The SMILES string of the molecule is CC(C)N(C(=O)C1CC(=O)N(C(C)(C)C)C1)C(C)C. The standard InChI is InChI=1S/C15H28N2O2/c1-10(2)17(11(3)4)14(19)12-8-13(18)16(9-12)15(5,6)7/h10-12H,8-9H2,1-7H3. The van der Waals surface area contributed by atoms with Crippen molar-refractivity contribution >= 4 is 11.8 Å². The molecule has 1 fully saturated rings. The monoisotopic (exact) mass is 268 g/mol. The largest absolute Gasteiger partial charge is 0.338 e. The van der Waals surface area contributed by atoms with Crippen molar-refractivity contribution in [1.29, 1.82) is 0 Å². The van der Waals surface area contributed by atoms with Crippen molar-refractivity contribution in [2.75, 3.05) is 6.54 Å². The molecule has 1 aliphatic heterocycles. The number of carbonyl (C=O) groups excluding carboxylic acids is 2. The minimum absolute atomic E-state index is 0.0957. The predicted octanol–water partition coefficient (Wildman–Crippen LogP) is 2.28. The Hall–Kier alpha value is -1.06.